The Morgan fingerprint density at radius 2 is 1.68 bits per heavy atom. The van der Waals surface area contributed by atoms with Crippen LogP contribution in [0.1, 0.15) is 16.8 Å². The molecule has 1 fully saturated rings. The van der Waals surface area contributed by atoms with E-state index in [2.05, 4.69) is 10.7 Å². The van der Waals surface area contributed by atoms with Crippen molar-refractivity contribution in [3.05, 3.63) is 52.1 Å². The van der Waals surface area contributed by atoms with Crippen molar-refractivity contribution in [2.75, 3.05) is 39.8 Å². The van der Waals surface area contributed by atoms with Gasteiger partial charge in [-0.1, -0.05) is 0 Å². The van der Waals surface area contributed by atoms with Crippen molar-refractivity contribution >= 4 is 35.1 Å². The van der Waals surface area contributed by atoms with E-state index in [-0.39, 0.29) is 35.7 Å². The molecule has 196 valence electrons. The minimum atomic E-state index is -0.938. The van der Waals surface area contributed by atoms with Crippen molar-refractivity contribution < 1.29 is 43.0 Å². The lowest BCUT2D eigenvalue weighted by molar-refractivity contribution is -0.383. The molecule has 0 spiro atoms. The quantitative estimate of drug-likeness (QED) is 0.266. The largest absolute Gasteiger partial charge is 0.497 e. The molecule has 3 amide bonds. The molecule has 0 unspecified atom stereocenters. The van der Waals surface area contributed by atoms with E-state index in [1.54, 1.807) is 6.07 Å². The summed E-state index contributed by atoms with van der Waals surface area (Å²) in [6.45, 7) is -0.915. The molecule has 0 bridgehead atoms. The van der Waals surface area contributed by atoms with Crippen molar-refractivity contribution in [3.8, 4) is 17.2 Å². The smallest absolute Gasteiger partial charge is 0.311 e. The molecule has 2 aromatic rings. The number of nitrogens with zero attached hydrogens (tertiary/aromatic N) is 2. The molecule has 2 N–H and O–H groups in total. The Morgan fingerprint density at radius 3 is 2.27 bits per heavy atom. The fourth-order valence-electron chi connectivity index (χ4n) is 3.44. The summed E-state index contributed by atoms with van der Waals surface area (Å²) >= 11 is 0. The number of hydrogen-bond donors (Lipinski definition) is 2. The van der Waals surface area contributed by atoms with Gasteiger partial charge in [0.2, 0.25) is 5.91 Å². The number of nitrogens with one attached hydrogen (secondary N) is 2. The fraction of sp³-hybridized carbons (Fsp3) is 0.304. The number of ether oxygens (including phenoxy) is 4. The minimum Gasteiger partial charge on any atom is -0.497 e. The van der Waals surface area contributed by atoms with E-state index < -0.39 is 41.1 Å². The van der Waals surface area contributed by atoms with Crippen LogP contribution in [0.15, 0.2) is 36.4 Å². The number of rotatable bonds is 10. The van der Waals surface area contributed by atoms with Gasteiger partial charge in [0.1, 0.15) is 22.9 Å². The molecule has 14 nitrogen and oxygen atoms in total. The van der Waals surface area contributed by atoms with Crippen LogP contribution in [0.5, 0.6) is 17.2 Å². The molecule has 1 atom stereocenters. The van der Waals surface area contributed by atoms with Crippen LogP contribution in [0.3, 0.4) is 0 Å². The van der Waals surface area contributed by atoms with E-state index in [1.807, 2.05) is 0 Å². The minimum absolute atomic E-state index is 0.135. The highest BCUT2D eigenvalue weighted by Gasteiger charge is 2.37. The first-order valence-electron chi connectivity index (χ1n) is 10.8. The molecule has 0 saturated carbocycles. The van der Waals surface area contributed by atoms with Crippen LogP contribution < -0.4 is 25.0 Å². The summed E-state index contributed by atoms with van der Waals surface area (Å²) in [5, 5.41) is 14.5. The van der Waals surface area contributed by atoms with Crippen molar-refractivity contribution in [2.24, 2.45) is 5.92 Å². The lowest BCUT2D eigenvalue weighted by Gasteiger charge is -2.18. The van der Waals surface area contributed by atoms with Crippen LogP contribution >= 0.6 is 0 Å². The molecule has 3 rings (SSSR count). The molecule has 1 heterocycles. The second-order valence-corrected chi connectivity index (χ2v) is 7.74. The van der Waals surface area contributed by atoms with Crippen LogP contribution in [0.4, 0.5) is 11.4 Å². The Morgan fingerprint density at radius 1 is 1.03 bits per heavy atom. The molecule has 0 aromatic heterocycles. The Hall–Kier alpha value is -4.88. The van der Waals surface area contributed by atoms with E-state index in [0.717, 1.165) is 11.1 Å². The van der Waals surface area contributed by atoms with Crippen LogP contribution in [-0.4, -0.2) is 68.1 Å². The lowest BCUT2D eigenvalue weighted by atomic mass is 10.1. The maximum absolute atomic E-state index is 12.6. The Labute approximate surface area is 210 Å². The molecule has 1 aliphatic heterocycles. The van der Waals surface area contributed by atoms with Crippen LogP contribution in [0.25, 0.3) is 0 Å². The number of nitro benzene ring substituents is 1. The second-order valence-electron chi connectivity index (χ2n) is 7.74. The van der Waals surface area contributed by atoms with Gasteiger partial charge in [-0.05, 0) is 18.2 Å². The Bertz CT molecular complexity index is 1210. The van der Waals surface area contributed by atoms with Gasteiger partial charge in [0.15, 0.2) is 6.61 Å². The molecule has 37 heavy (non-hydrogen) atoms. The number of benzene rings is 2. The summed E-state index contributed by atoms with van der Waals surface area (Å²) in [5.41, 5.74) is 2.09. The molecule has 14 heteroatoms. The molecule has 2 aromatic carbocycles. The number of hydrazine groups is 1. The van der Waals surface area contributed by atoms with E-state index in [0.29, 0.717) is 11.5 Å². The zero-order chi connectivity index (χ0) is 27.1. The fourth-order valence-corrected chi connectivity index (χ4v) is 3.44. The molecular formula is C23H24N4O10. The lowest BCUT2D eigenvalue weighted by Crippen LogP contribution is -2.43. The number of anilines is 1. The van der Waals surface area contributed by atoms with Gasteiger partial charge in [-0.2, -0.15) is 0 Å². The van der Waals surface area contributed by atoms with Gasteiger partial charge in [0.25, 0.3) is 17.5 Å². The number of esters is 1. The SMILES string of the molecule is COc1cc(OC)cc(C(=O)NN2C[C@H](C(=O)OCC(=O)Nc3cc(OC)ccc3[N+](=O)[O-])CC2=O)c1. The zero-order valence-corrected chi connectivity index (χ0v) is 20.1. The van der Waals surface area contributed by atoms with Gasteiger partial charge in [-0.3, -0.25) is 39.7 Å². The van der Waals surface area contributed by atoms with Crippen molar-refractivity contribution in [3.63, 3.8) is 0 Å². The van der Waals surface area contributed by atoms with Gasteiger partial charge >= 0.3 is 5.97 Å². The number of carbonyl (C=O) groups excluding carboxylic acids is 4. The third-order valence-corrected chi connectivity index (χ3v) is 5.33. The summed E-state index contributed by atoms with van der Waals surface area (Å²) in [5.74, 6) is -2.74. The third kappa shape index (κ3) is 6.62. The standard InChI is InChI=1S/C23H24N4O10/c1-34-15-4-5-19(27(32)33)18(10-15)24-20(28)12-37-23(31)14-8-21(29)26(11-14)25-22(30)13-6-16(35-2)9-17(7-13)36-3/h4-7,9-10,14H,8,11-12H2,1-3H3,(H,24,28)(H,25,30)/t14-/m1/s1. The predicted octanol–water partition coefficient (Wildman–Crippen LogP) is 1.30. The van der Waals surface area contributed by atoms with Crippen LogP contribution in [0, 0.1) is 16.0 Å². The topological polar surface area (TPSA) is 176 Å². The average Bonchev–Trinajstić information content (AvgIpc) is 3.26. The number of hydrogen-bond acceptors (Lipinski definition) is 10. The van der Waals surface area contributed by atoms with Crippen LogP contribution in [0.2, 0.25) is 0 Å². The van der Waals surface area contributed by atoms with E-state index in [4.69, 9.17) is 18.9 Å². The number of carbonyl (C=O) groups is 4. The molecular weight excluding hydrogens is 492 g/mol. The first-order chi connectivity index (χ1) is 17.6. The highest BCUT2D eigenvalue weighted by Crippen LogP contribution is 2.29. The number of amides is 3. The summed E-state index contributed by atoms with van der Waals surface area (Å²) in [4.78, 5) is 60.1. The first-order valence-corrected chi connectivity index (χ1v) is 10.8. The number of nitro groups is 1. The number of methoxy groups -OCH3 is 3. The van der Waals surface area contributed by atoms with E-state index in [9.17, 15) is 29.3 Å². The molecule has 1 saturated heterocycles. The van der Waals surface area contributed by atoms with Gasteiger partial charge in [0, 0.05) is 30.2 Å². The normalized spacial score (nSPS) is 14.5. The third-order valence-electron chi connectivity index (χ3n) is 5.33. The van der Waals surface area contributed by atoms with Crippen molar-refractivity contribution in [1.82, 2.24) is 10.4 Å². The van der Waals surface area contributed by atoms with Gasteiger partial charge < -0.3 is 24.3 Å². The average molecular weight is 516 g/mol. The Kier molecular flexibility index (Phi) is 8.45. The summed E-state index contributed by atoms with van der Waals surface area (Å²) in [6, 6.07) is 8.26. The monoisotopic (exact) mass is 516 g/mol. The molecule has 0 radical (unpaired) electrons. The first kappa shape index (κ1) is 26.7. The van der Waals surface area contributed by atoms with Crippen molar-refractivity contribution in [2.45, 2.75) is 6.42 Å². The highest BCUT2D eigenvalue weighted by atomic mass is 16.6. The molecule has 0 aliphatic carbocycles. The highest BCUT2D eigenvalue weighted by molar-refractivity contribution is 5.98. The predicted molar refractivity (Wildman–Crippen MR) is 126 cm³/mol. The Balaban J connectivity index is 1.56. The second kappa shape index (κ2) is 11.7. The maximum Gasteiger partial charge on any atom is 0.311 e. The maximum atomic E-state index is 12.6. The van der Waals surface area contributed by atoms with Crippen LogP contribution in [-0.2, 0) is 19.1 Å². The summed E-state index contributed by atoms with van der Waals surface area (Å²) in [6.07, 6.45) is -0.247. The van der Waals surface area contributed by atoms with E-state index in [1.165, 1.54) is 45.6 Å². The van der Waals surface area contributed by atoms with Gasteiger partial charge in [-0.15, -0.1) is 0 Å². The van der Waals surface area contributed by atoms with Gasteiger partial charge in [0.05, 0.1) is 38.7 Å². The summed E-state index contributed by atoms with van der Waals surface area (Å²) < 4.78 is 20.2. The van der Waals surface area contributed by atoms with Crippen molar-refractivity contribution in [1.29, 1.82) is 0 Å². The molecule has 1 aliphatic rings. The summed E-state index contributed by atoms with van der Waals surface area (Å²) in [7, 11) is 4.21. The van der Waals surface area contributed by atoms with E-state index >= 15 is 0 Å². The van der Waals surface area contributed by atoms with Gasteiger partial charge in [-0.25, -0.2) is 0 Å². The zero-order valence-electron chi connectivity index (χ0n) is 20.1.